The number of rotatable bonds is 0. The first-order chi connectivity index (χ1) is 3.72. The molecule has 0 spiro atoms. The van der Waals surface area contributed by atoms with Crippen LogP contribution in [0.2, 0.25) is 0 Å². The summed E-state index contributed by atoms with van der Waals surface area (Å²) in [5, 5.41) is 0. The molecule has 1 nitrogen and oxygen atoms in total. The fourth-order valence-electron chi connectivity index (χ4n) is 0.766. The van der Waals surface area contributed by atoms with Crippen molar-refractivity contribution in [3.63, 3.8) is 0 Å². The van der Waals surface area contributed by atoms with E-state index in [-0.39, 0.29) is 5.78 Å². The Bertz CT molecular complexity index is 115. The number of carbonyl (C=O) groups excluding carboxylic acids is 1. The Hall–Kier alpha value is 0.0800. The third kappa shape index (κ3) is 0.917. The van der Waals surface area contributed by atoms with Gasteiger partial charge in [-0.15, -0.1) is 0 Å². The van der Waals surface area contributed by atoms with Gasteiger partial charge in [0, 0.05) is 6.42 Å². The summed E-state index contributed by atoms with van der Waals surface area (Å²) in [7, 11) is 0. The Balaban J connectivity index is 2.56. The smallest absolute Gasteiger partial charge is 0.149 e. The second kappa shape index (κ2) is 2.13. The van der Waals surface area contributed by atoms with Gasteiger partial charge in [0.1, 0.15) is 16.8 Å². The maximum atomic E-state index is 12.3. The Labute approximate surface area is 55.4 Å². The quantitative estimate of drug-likeness (QED) is 0.517. The minimum absolute atomic E-state index is 0.00231. The van der Waals surface area contributed by atoms with Crippen molar-refractivity contribution in [1.29, 1.82) is 0 Å². The summed E-state index contributed by atoms with van der Waals surface area (Å²) in [5.41, 5.74) is 0. The molecule has 0 aromatic heterocycles. The fraction of sp³-hybridized carbons (Fsp3) is 0.800. The zero-order valence-corrected chi connectivity index (χ0v) is 5.82. The van der Waals surface area contributed by atoms with E-state index in [4.69, 9.17) is 0 Å². The first-order valence-corrected chi connectivity index (χ1v) is 3.44. The molecular formula is C5H6BrFO. The lowest BCUT2D eigenvalue weighted by Crippen LogP contribution is -2.13. The average Bonchev–Trinajstić information content (AvgIpc) is 1.98. The molecule has 1 fully saturated rings. The average molecular weight is 181 g/mol. The normalized spacial score (nSPS) is 38.5. The summed E-state index contributed by atoms with van der Waals surface area (Å²) in [4.78, 5) is 9.99. The van der Waals surface area contributed by atoms with Gasteiger partial charge in [-0.25, -0.2) is 4.39 Å². The summed E-state index contributed by atoms with van der Waals surface area (Å²) in [6.45, 7) is 0. The maximum absolute atomic E-state index is 12.3. The minimum atomic E-state index is -0.942. The zero-order chi connectivity index (χ0) is 6.15. The SMILES string of the molecule is O=C1CC[C@@H](F)[C@@H]1Br. The summed E-state index contributed by atoms with van der Waals surface area (Å²) < 4.78 is 12.3. The van der Waals surface area contributed by atoms with Crippen molar-refractivity contribution in [2.75, 3.05) is 0 Å². The van der Waals surface area contributed by atoms with Crippen LogP contribution in [0.4, 0.5) is 4.39 Å². The standard InChI is InChI=1S/C5H6BrFO/c6-5-3(7)1-2-4(5)8/h3,5H,1-2H2/t3-,5+/m1/s1. The highest BCUT2D eigenvalue weighted by Crippen LogP contribution is 2.24. The topological polar surface area (TPSA) is 17.1 Å². The van der Waals surface area contributed by atoms with Gasteiger partial charge in [0.25, 0.3) is 0 Å². The molecule has 2 atom stereocenters. The van der Waals surface area contributed by atoms with Crippen LogP contribution in [0.1, 0.15) is 12.8 Å². The van der Waals surface area contributed by atoms with E-state index in [1.807, 2.05) is 0 Å². The lowest BCUT2D eigenvalue weighted by atomic mass is 10.3. The number of hydrogen-bond acceptors (Lipinski definition) is 1. The summed E-state index contributed by atoms with van der Waals surface area (Å²) in [6, 6.07) is 0. The van der Waals surface area contributed by atoms with Crippen molar-refractivity contribution >= 4 is 21.7 Å². The van der Waals surface area contributed by atoms with E-state index in [2.05, 4.69) is 15.9 Å². The molecule has 1 aliphatic carbocycles. The van der Waals surface area contributed by atoms with Crippen molar-refractivity contribution in [1.82, 2.24) is 0 Å². The van der Waals surface area contributed by atoms with Gasteiger partial charge in [-0.1, -0.05) is 15.9 Å². The van der Waals surface area contributed by atoms with Gasteiger partial charge >= 0.3 is 0 Å². The first-order valence-electron chi connectivity index (χ1n) is 2.52. The molecule has 1 aliphatic rings. The third-order valence-corrected chi connectivity index (χ3v) is 2.38. The van der Waals surface area contributed by atoms with Gasteiger partial charge in [0.2, 0.25) is 0 Å². The van der Waals surface area contributed by atoms with Gasteiger partial charge in [-0.05, 0) is 6.42 Å². The zero-order valence-electron chi connectivity index (χ0n) is 4.23. The highest BCUT2D eigenvalue weighted by molar-refractivity contribution is 9.10. The number of alkyl halides is 2. The molecule has 0 heterocycles. The second-order valence-electron chi connectivity index (χ2n) is 1.92. The molecule has 46 valence electrons. The van der Waals surface area contributed by atoms with Crippen molar-refractivity contribution in [3.05, 3.63) is 0 Å². The van der Waals surface area contributed by atoms with Crippen LogP contribution in [0.3, 0.4) is 0 Å². The Morgan fingerprint density at radius 2 is 2.38 bits per heavy atom. The number of carbonyl (C=O) groups is 1. The van der Waals surface area contributed by atoms with E-state index in [9.17, 15) is 9.18 Å². The van der Waals surface area contributed by atoms with Crippen LogP contribution in [0.15, 0.2) is 0 Å². The van der Waals surface area contributed by atoms with Gasteiger partial charge in [0.05, 0.1) is 0 Å². The maximum Gasteiger partial charge on any atom is 0.149 e. The van der Waals surface area contributed by atoms with Gasteiger partial charge in [0.15, 0.2) is 0 Å². The number of halogens is 2. The van der Waals surface area contributed by atoms with E-state index < -0.39 is 11.0 Å². The van der Waals surface area contributed by atoms with Crippen molar-refractivity contribution < 1.29 is 9.18 Å². The molecule has 0 amide bonds. The summed E-state index contributed by atoms with van der Waals surface area (Å²) in [6.07, 6.45) is -0.145. The van der Waals surface area contributed by atoms with E-state index in [1.54, 1.807) is 0 Å². The Morgan fingerprint density at radius 1 is 1.75 bits per heavy atom. The molecule has 0 N–H and O–H groups in total. The molecule has 0 bridgehead atoms. The highest BCUT2D eigenvalue weighted by Gasteiger charge is 2.31. The van der Waals surface area contributed by atoms with Crippen molar-refractivity contribution in [2.24, 2.45) is 0 Å². The van der Waals surface area contributed by atoms with Gasteiger partial charge in [-0.3, -0.25) is 4.79 Å². The molecule has 0 aromatic carbocycles. The van der Waals surface area contributed by atoms with E-state index >= 15 is 0 Å². The molecule has 1 saturated carbocycles. The van der Waals surface area contributed by atoms with E-state index in [0.717, 1.165) is 0 Å². The Morgan fingerprint density at radius 3 is 2.50 bits per heavy atom. The molecule has 0 unspecified atom stereocenters. The summed E-state index contributed by atoms with van der Waals surface area (Å²) >= 11 is 2.94. The molecule has 0 aromatic rings. The van der Waals surface area contributed by atoms with Crippen LogP contribution < -0.4 is 0 Å². The first kappa shape index (κ1) is 6.20. The predicted molar refractivity (Wildman–Crippen MR) is 31.9 cm³/mol. The largest absolute Gasteiger partial charge is 0.298 e. The van der Waals surface area contributed by atoms with Crippen molar-refractivity contribution in [3.8, 4) is 0 Å². The lowest BCUT2D eigenvalue weighted by Gasteiger charge is -1.97. The number of hydrogen-bond donors (Lipinski definition) is 0. The molecule has 3 heteroatoms. The van der Waals surface area contributed by atoms with Gasteiger partial charge < -0.3 is 0 Å². The summed E-state index contributed by atoms with van der Waals surface area (Å²) in [5.74, 6) is -0.00231. The van der Waals surface area contributed by atoms with Crippen LogP contribution in [-0.2, 0) is 4.79 Å². The third-order valence-electron chi connectivity index (χ3n) is 1.29. The van der Waals surface area contributed by atoms with Crippen molar-refractivity contribution in [2.45, 2.75) is 23.8 Å². The van der Waals surface area contributed by atoms with Crippen LogP contribution in [-0.4, -0.2) is 16.8 Å². The molecule has 1 rings (SSSR count). The Kier molecular flexibility index (Phi) is 1.65. The number of ketones is 1. The second-order valence-corrected chi connectivity index (χ2v) is 2.91. The van der Waals surface area contributed by atoms with Gasteiger partial charge in [-0.2, -0.15) is 0 Å². The fourth-order valence-corrected chi connectivity index (χ4v) is 1.26. The number of Topliss-reactive ketones (excluding diaryl/α,β-unsaturated/α-hetero) is 1. The predicted octanol–water partition coefficient (Wildman–Crippen LogP) is 1.45. The van der Waals surface area contributed by atoms with Crippen LogP contribution >= 0.6 is 15.9 Å². The minimum Gasteiger partial charge on any atom is -0.298 e. The molecule has 0 aliphatic heterocycles. The molecule has 8 heavy (non-hydrogen) atoms. The van der Waals surface area contributed by atoms with Crippen LogP contribution in [0, 0.1) is 0 Å². The molecule has 0 radical (unpaired) electrons. The highest BCUT2D eigenvalue weighted by atomic mass is 79.9. The molecule has 0 saturated heterocycles. The van der Waals surface area contributed by atoms with Crippen LogP contribution in [0.5, 0.6) is 0 Å². The van der Waals surface area contributed by atoms with E-state index in [0.29, 0.717) is 12.8 Å². The van der Waals surface area contributed by atoms with E-state index in [1.165, 1.54) is 0 Å². The lowest BCUT2D eigenvalue weighted by molar-refractivity contribution is -0.117. The molecular weight excluding hydrogens is 175 g/mol. The monoisotopic (exact) mass is 180 g/mol. The van der Waals surface area contributed by atoms with Crippen LogP contribution in [0.25, 0.3) is 0 Å².